The fourth-order valence-corrected chi connectivity index (χ4v) is 1.46. The van der Waals surface area contributed by atoms with Gasteiger partial charge in [-0.15, -0.1) is 0 Å². The molecule has 0 bridgehead atoms. The summed E-state index contributed by atoms with van der Waals surface area (Å²) >= 11 is 11.8. The third-order valence-corrected chi connectivity index (χ3v) is 2.73. The summed E-state index contributed by atoms with van der Waals surface area (Å²) in [5, 5.41) is 1.34. The largest absolute Gasteiger partial charge is 0.375 e. The van der Waals surface area contributed by atoms with Crippen molar-refractivity contribution in [1.82, 2.24) is 0 Å². The van der Waals surface area contributed by atoms with E-state index in [4.69, 9.17) is 33.7 Å². The van der Waals surface area contributed by atoms with Crippen LogP contribution < -0.4 is 5.73 Å². The third-order valence-electron chi connectivity index (χ3n) is 2.12. The second-order valence-electron chi connectivity index (χ2n) is 3.42. The first-order valence-electron chi connectivity index (χ1n) is 4.90. The lowest BCUT2D eigenvalue weighted by atomic mass is 10.2. The minimum Gasteiger partial charge on any atom is -0.375 e. The molecular formula is C11H15Cl2NO. The molecular weight excluding hydrogens is 233 g/mol. The predicted molar refractivity (Wildman–Crippen MR) is 64.4 cm³/mol. The van der Waals surface area contributed by atoms with Crippen molar-refractivity contribution < 1.29 is 4.74 Å². The highest BCUT2D eigenvalue weighted by Gasteiger charge is 2.03. The zero-order valence-electron chi connectivity index (χ0n) is 8.67. The van der Waals surface area contributed by atoms with Gasteiger partial charge in [0, 0.05) is 16.1 Å². The Bertz CT molecular complexity index is 317. The molecule has 0 aliphatic heterocycles. The summed E-state index contributed by atoms with van der Waals surface area (Å²) in [5.74, 6) is 0. The normalized spacial score (nSPS) is 12.8. The van der Waals surface area contributed by atoms with Crippen molar-refractivity contribution in [3.8, 4) is 0 Å². The lowest BCUT2D eigenvalue weighted by Gasteiger charge is -2.10. The van der Waals surface area contributed by atoms with Crippen molar-refractivity contribution in [3.05, 3.63) is 33.8 Å². The molecule has 1 aromatic carbocycles. The van der Waals surface area contributed by atoms with E-state index in [0.717, 1.165) is 12.0 Å². The average molecular weight is 248 g/mol. The van der Waals surface area contributed by atoms with Crippen LogP contribution in [0.5, 0.6) is 0 Å². The minimum atomic E-state index is 0.0861. The molecule has 0 radical (unpaired) electrons. The molecule has 0 saturated heterocycles. The van der Waals surface area contributed by atoms with Crippen LogP contribution in [0.1, 0.15) is 18.9 Å². The van der Waals surface area contributed by atoms with Crippen LogP contribution in [0.3, 0.4) is 0 Å². The Morgan fingerprint density at radius 1 is 1.40 bits per heavy atom. The van der Waals surface area contributed by atoms with E-state index in [1.807, 2.05) is 6.92 Å². The van der Waals surface area contributed by atoms with Crippen molar-refractivity contribution >= 4 is 23.2 Å². The van der Waals surface area contributed by atoms with Crippen LogP contribution in [0, 0.1) is 0 Å². The van der Waals surface area contributed by atoms with Gasteiger partial charge in [0.25, 0.3) is 0 Å². The van der Waals surface area contributed by atoms with E-state index in [1.54, 1.807) is 18.2 Å². The van der Waals surface area contributed by atoms with Crippen LogP contribution in [0.4, 0.5) is 0 Å². The molecule has 2 nitrogen and oxygen atoms in total. The van der Waals surface area contributed by atoms with Crippen LogP contribution in [0.2, 0.25) is 10.0 Å². The van der Waals surface area contributed by atoms with Crippen LogP contribution in [-0.2, 0) is 11.3 Å². The third kappa shape index (κ3) is 4.39. The highest BCUT2D eigenvalue weighted by molar-refractivity contribution is 6.33. The lowest BCUT2D eigenvalue weighted by Crippen LogP contribution is -2.24. The van der Waals surface area contributed by atoms with E-state index in [2.05, 4.69) is 0 Å². The van der Waals surface area contributed by atoms with Gasteiger partial charge in [-0.05, 0) is 30.2 Å². The molecule has 1 aromatic rings. The Balaban J connectivity index is 2.46. The summed E-state index contributed by atoms with van der Waals surface area (Å²) in [6, 6.07) is 5.41. The minimum absolute atomic E-state index is 0.0861. The van der Waals surface area contributed by atoms with Gasteiger partial charge in [0.1, 0.15) is 0 Å². The highest BCUT2D eigenvalue weighted by atomic mass is 35.5. The topological polar surface area (TPSA) is 35.2 Å². The Morgan fingerprint density at radius 3 is 2.80 bits per heavy atom. The highest BCUT2D eigenvalue weighted by Crippen LogP contribution is 2.21. The van der Waals surface area contributed by atoms with Crippen molar-refractivity contribution in [2.24, 2.45) is 5.73 Å². The Labute approximate surface area is 100 Å². The summed E-state index contributed by atoms with van der Waals surface area (Å²) in [6.07, 6.45) is 0.906. The number of hydrogen-bond acceptors (Lipinski definition) is 2. The molecule has 0 saturated carbocycles. The molecule has 0 spiro atoms. The van der Waals surface area contributed by atoms with Gasteiger partial charge < -0.3 is 10.5 Å². The fourth-order valence-electron chi connectivity index (χ4n) is 1.09. The smallest absolute Gasteiger partial charge is 0.0732 e. The predicted octanol–water partition coefficient (Wildman–Crippen LogP) is 3.25. The van der Waals surface area contributed by atoms with Crippen molar-refractivity contribution in [3.63, 3.8) is 0 Å². The van der Waals surface area contributed by atoms with Gasteiger partial charge in [-0.1, -0.05) is 30.1 Å². The van der Waals surface area contributed by atoms with Crippen LogP contribution >= 0.6 is 23.2 Å². The fraction of sp³-hybridized carbons (Fsp3) is 0.455. The number of hydrogen-bond donors (Lipinski definition) is 1. The first kappa shape index (κ1) is 12.8. The molecule has 0 unspecified atom stereocenters. The number of benzene rings is 1. The molecule has 1 rings (SSSR count). The van der Waals surface area contributed by atoms with Gasteiger partial charge >= 0.3 is 0 Å². The Morgan fingerprint density at radius 2 is 2.13 bits per heavy atom. The molecule has 0 aliphatic carbocycles. The molecule has 0 amide bonds. The lowest BCUT2D eigenvalue weighted by molar-refractivity contribution is 0.107. The zero-order valence-corrected chi connectivity index (χ0v) is 10.2. The number of ether oxygens (including phenoxy) is 1. The summed E-state index contributed by atoms with van der Waals surface area (Å²) in [7, 11) is 0. The van der Waals surface area contributed by atoms with E-state index in [1.165, 1.54) is 0 Å². The summed E-state index contributed by atoms with van der Waals surface area (Å²) in [5.41, 5.74) is 6.62. The quantitative estimate of drug-likeness (QED) is 0.868. The monoisotopic (exact) mass is 247 g/mol. The van der Waals surface area contributed by atoms with Gasteiger partial charge in [0.05, 0.1) is 13.2 Å². The van der Waals surface area contributed by atoms with Gasteiger partial charge in [-0.25, -0.2) is 0 Å². The number of rotatable bonds is 5. The Hall–Kier alpha value is -0.280. The molecule has 15 heavy (non-hydrogen) atoms. The van der Waals surface area contributed by atoms with Crippen LogP contribution in [0.15, 0.2) is 18.2 Å². The van der Waals surface area contributed by atoms with E-state index >= 15 is 0 Å². The molecule has 0 fully saturated rings. The van der Waals surface area contributed by atoms with Crippen molar-refractivity contribution in [2.45, 2.75) is 26.0 Å². The van der Waals surface area contributed by atoms with Crippen molar-refractivity contribution in [2.75, 3.05) is 6.61 Å². The standard InChI is InChI=1S/C11H15Cl2NO/c1-2-10(14)7-15-6-8-5-9(12)3-4-11(8)13/h3-5,10H,2,6-7,14H2,1H3/t10-/m1/s1. The molecule has 0 aliphatic rings. The molecule has 0 heterocycles. The van der Waals surface area contributed by atoms with E-state index in [-0.39, 0.29) is 6.04 Å². The van der Waals surface area contributed by atoms with E-state index in [0.29, 0.717) is 23.3 Å². The van der Waals surface area contributed by atoms with E-state index in [9.17, 15) is 0 Å². The van der Waals surface area contributed by atoms with Gasteiger partial charge in [-0.3, -0.25) is 0 Å². The molecule has 0 aromatic heterocycles. The van der Waals surface area contributed by atoms with Gasteiger partial charge in [0.2, 0.25) is 0 Å². The first-order chi connectivity index (χ1) is 7.13. The summed E-state index contributed by atoms with van der Waals surface area (Å²) in [6.45, 7) is 3.02. The second kappa shape index (κ2) is 6.33. The summed E-state index contributed by atoms with van der Waals surface area (Å²) in [4.78, 5) is 0. The second-order valence-corrected chi connectivity index (χ2v) is 4.26. The van der Waals surface area contributed by atoms with E-state index < -0.39 is 0 Å². The first-order valence-corrected chi connectivity index (χ1v) is 5.66. The number of nitrogens with two attached hydrogens (primary N) is 1. The zero-order chi connectivity index (χ0) is 11.3. The number of halogens is 2. The molecule has 1 atom stereocenters. The molecule has 2 N–H and O–H groups in total. The SMILES string of the molecule is CC[C@@H](N)COCc1cc(Cl)ccc1Cl. The van der Waals surface area contributed by atoms with Crippen molar-refractivity contribution in [1.29, 1.82) is 0 Å². The Kier molecular flexibility index (Phi) is 5.40. The maximum Gasteiger partial charge on any atom is 0.0732 e. The maximum absolute atomic E-state index is 5.98. The molecule has 4 heteroatoms. The van der Waals surface area contributed by atoms with Gasteiger partial charge in [-0.2, -0.15) is 0 Å². The average Bonchev–Trinajstić information content (AvgIpc) is 2.23. The summed E-state index contributed by atoms with van der Waals surface area (Å²) < 4.78 is 5.44. The van der Waals surface area contributed by atoms with Gasteiger partial charge in [0.15, 0.2) is 0 Å². The maximum atomic E-state index is 5.98. The van der Waals surface area contributed by atoms with Crippen LogP contribution in [-0.4, -0.2) is 12.6 Å². The molecule has 84 valence electrons. The van der Waals surface area contributed by atoms with Crippen LogP contribution in [0.25, 0.3) is 0 Å².